The zero-order chi connectivity index (χ0) is 22.9. The van der Waals surface area contributed by atoms with Crippen molar-refractivity contribution in [3.05, 3.63) is 59.9 Å². The smallest absolute Gasteiger partial charge is 0.341 e. The van der Waals surface area contributed by atoms with Gasteiger partial charge >= 0.3 is 5.97 Å². The Bertz CT molecular complexity index is 892. The predicted octanol–water partition coefficient (Wildman–Crippen LogP) is 2.19. The molecule has 3 heterocycles. The lowest BCUT2D eigenvalue weighted by Gasteiger charge is -2.40. The molecular weight excluding hydrogens is 418 g/mol. The van der Waals surface area contributed by atoms with E-state index in [1.54, 1.807) is 19.3 Å². The summed E-state index contributed by atoms with van der Waals surface area (Å²) in [4.78, 5) is 27.9. The second-order valence-corrected chi connectivity index (χ2v) is 8.27. The summed E-state index contributed by atoms with van der Waals surface area (Å²) in [6.07, 6.45) is 7.67. The molecule has 2 fully saturated rings. The number of hydrogen-bond donors (Lipinski definition) is 0. The molecule has 2 aliphatic heterocycles. The number of rotatable bonds is 8. The first kappa shape index (κ1) is 23.4. The molecule has 0 radical (unpaired) electrons. The standard InChI is InChI=1S/C25H33N5O3/c1-2-33-24(31)22-18-26-25(27-19-22)30-12-10-29(11-13-30)23(20-28-14-16-32-17-15-28)9-8-21-6-4-3-5-7-21/h3-9,18-19,23H,2,10-17,20H2,1H3. The second kappa shape index (κ2) is 11.9. The van der Waals surface area contributed by atoms with Crippen molar-refractivity contribution in [2.75, 3.05) is 70.5 Å². The molecule has 33 heavy (non-hydrogen) atoms. The average molecular weight is 452 g/mol. The number of carbonyl (C=O) groups is 1. The van der Waals surface area contributed by atoms with Crippen LogP contribution in [0.4, 0.5) is 5.95 Å². The highest BCUT2D eigenvalue weighted by Gasteiger charge is 2.26. The fourth-order valence-corrected chi connectivity index (χ4v) is 4.19. The average Bonchev–Trinajstić information content (AvgIpc) is 2.88. The van der Waals surface area contributed by atoms with Gasteiger partial charge in [0, 0.05) is 64.2 Å². The molecule has 1 aromatic carbocycles. The molecule has 1 unspecified atom stereocenters. The van der Waals surface area contributed by atoms with Gasteiger partial charge in [-0.1, -0.05) is 42.5 Å². The summed E-state index contributed by atoms with van der Waals surface area (Å²) in [5.74, 6) is 0.275. The molecule has 0 saturated carbocycles. The van der Waals surface area contributed by atoms with Crippen LogP contribution in [0.25, 0.3) is 6.08 Å². The zero-order valence-electron chi connectivity index (χ0n) is 19.3. The summed E-state index contributed by atoms with van der Waals surface area (Å²) < 4.78 is 10.5. The van der Waals surface area contributed by atoms with Crippen LogP contribution in [0.3, 0.4) is 0 Å². The molecule has 2 saturated heterocycles. The van der Waals surface area contributed by atoms with Gasteiger partial charge in [-0.3, -0.25) is 9.80 Å². The second-order valence-electron chi connectivity index (χ2n) is 8.27. The SMILES string of the molecule is CCOC(=O)c1cnc(N2CCN(C(C=Cc3ccccc3)CN3CCOCC3)CC2)nc1. The minimum Gasteiger partial charge on any atom is -0.462 e. The van der Waals surface area contributed by atoms with E-state index in [1.807, 2.05) is 6.07 Å². The van der Waals surface area contributed by atoms with Crippen LogP contribution in [0, 0.1) is 0 Å². The van der Waals surface area contributed by atoms with Crippen molar-refractivity contribution >= 4 is 18.0 Å². The van der Waals surface area contributed by atoms with Gasteiger partial charge in [0.05, 0.1) is 25.4 Å². The highest BCUT2D eigenvalue weighted by molar-refractivity contribution is 5.88. The number of aromatic nitrogens is 2. The third kappa shape index (κ3) is 6.60. The number of anilines is 1. The Balaban J connectivity index is 1.38. The summed E-state index contributed by atoms with van der Waals surface area (Å²) in [5, 5.41) is 0. The minimum absolute atomic E-state index is 0.331. The summed E-state index contributed by atoms with van der Waals surface area (Å²) in [6.45, 7) is 10.2. The fraction of sp³-hybridized carbons (Fsp3) is 0.480. The van der Waals surface area contributed by atoms with Gasteiger partial charge in [-0.05, 0) is 12.5 Å². The maximum Gasteiger partial charge on any atom is 0.341 e. The first-order valence-corrected chi connectivity index (χ1v) is 11.7. The van der Waals surface area contributed by atoms with Crippen molar-refractivity contribution in [1.82, 2.24) is 19.8 Å². The third-order valence-electron chi connectivity index (χ3n) is 6.07. The van der Waals surface area contributed by atoms with Gasteiger partial charge in [0.25, 0.3) is 0 Å². The maximum atomic E-state index is 11.8. The number of esters is 1. The van der Waals surface area contributed by atoms with E-state index in [0.29, 0.717) is 24.2 Å². The lowest BCUT2D eigenvalue weighted by atomic mass is 10.1. The van der Waals surface area contributed by atoms with E-state index in [0.717, 1.165) is 59.0 Å². The third-order valence-corrected chi connectivity index (χ3v) is 6.07. The highest BCUT2D eigenvalue weighted by atomic mass is 16.5. The first-order valence-electron chi connectivity index (χ1n) is 11.7. The number of nitrogens with zero attached hydrogens (tertiary/aromatic N) is 5. The Labute approximate surface area is 195 Å². The fourth-order valence-electron chi connectivity index (χ4n) is 4.19. The summed E-state index contributed by atoms with van der Waals surface area (Å²) in [7, 11) is 0. The lowest BCUT2D eigenvalue weighted by Crippen LogP contribution is -2.54. The van der Waals surface area contributed by atoms with Gasteiger partial charge in [0.1, 0.15) is 0 Å². The molecule has 0 aliphatic carbocycles. The van der Waals surface area contributed by atoms with Crippen LogP contribution in [-0.2, 0) is 9.47 Å². The Kier molecular flexibility index (Phi) is 8.41. The van der Waals surface area contributed by atoms with E-state index in [2.05, 4.69) is 61.1 Å². The topological polar surface area (TPSA) is 71.0 Å². The maximum absolute atomic E-state index is 11.8. The number of morpholine rings is 1. The van der Waals surface area contributed by atoms with E-state index < -0.39 is 0 Å². The van der Waals surface area contributed by atoms with Crippen molar-refractivity contribution in [2.24, 2.45) is 0 Å². The van der Waals surface area contributed by atoms with Crippen molar-refractivity contribution in [3.8, 4) is 0 Å². The number of ether oxygens (including phenoxy) is 2. The molecule has 2 aromatic rings. The van der Waals surface area contributed by atoms with Gasteiger partial charge < -0.3 is 14.4 Å². The molecule has 0 N–H and O–H groups in total. The molecule has 1 aromatic heterocycles. The first-order chi connectivity index (χ1) is 16.2. The molecule has 0 amide bonds. The Morgan fingerprint density at radius 1 is 1.06 bits per heavy atom. The molecule has 1 atom stereocenters. The van der Waals surface area contributed by atoms with Crippen molar-refractivity contribution < 1.29 is 14.3 Å². The quantitative estimate of drug-likeness (QED) is 0.566. The normalized spacial score (nSPS) is 19.0. The highest BCUT2D eigenvalue weighted by Crippen LogP contribution is 2.16. The number of carbonyl (C=O) groups excluding carboxylic acids is 1. The Morgan fingerprint density at radius 2 is 1.76 bits per heavy atom. The number of piperazine rings is 1. The van der Waals surface area contributed by atoms with Crippen LogP contribution in [0.5, 0.6) is 0 Å². The monoisotopic (exact) mass is 451 g/mol. The van der Waals surface area contributed by atoms with Crippen LogP contribution >= 0.6 is 0 Å². The van der Waals surface area contributed by atoms with Crippen molar-refractivity contribution in [3.63, 3.8) is 0 Å². The van der Waals surface area contributed by atoms with Gasteiger partial charge in [0.2, 0.25) is 5.95 Å². The molecule has 176 valence electrons. The Morgan fingerprint density at radius 3 is 2.42 bits per heavy atom. The van der Waals surface area contributed by atoms with Crippen LogP contribution in [0.2, 0.25) is 0 Å². The minimum atomic E-state index is -0.384. The largest absolute Gasteiger partial charge is 0.462 e. The lowest BCUT2D eigenvalue weighted by molar-refractivity contribution is 0.0269. The predicted molar refractivity (Wildman–Crippen MR) is 128 cm³/mol. The summed E-state index contributed by atoms with van der Waals surface area (Å²) in [6, 6.07) is 10.8. The molecular formula is C25H33N5O3. The summed E-state index contributed by atoms with van der Waals surface area (Å²) >= 11 is 0. The zero-order valence-corrected chi connectivity index (χ0v) is 19.3. The van der Waals surface area contributed by atoms with E-state index in [-0.39, 0.29) is 5.97 Å². The number of hydrogen-bond acceptors (Lipinski definition) is 8. The van der Waals surface area contributed by atoms with E-state index in [4.69, 9.17) is 9.47 Å². The molecule has 2 aliphatic rings. The van der Waals surface area contributed by atoms with Gasteiger partial charge in [-0.2, -0.15) is 0 Å². The van der Waals surface area contributed by atoms with E-state index >= 15 is 0 Å². The van der Waals surface area contributed by atoms with Gasteiger partial charge in [-0.25, -0.2) is 14.8 Å². The molecule has 0 spiro atoms. The van der Waals surface area contributed by atoms with Crippen molar-refractivity contribution in [1.29, 1.82) is 0 Å². The van der Waals surface area contributed by atoms with Crippen molar-refractivity contribution in [2.45, 2.75) is 13.0 Å². The number of benzene rings is 1. The van der Waals surface area contributed by atoms with Crippen LogP contribution in [-0.4, -0.2) is 97.4 Å². The van der Waals surface area contributed by atoms with Gasteiger partial charge in [0.15, 0.2) is 0 Å². The van der Waals surface area contributed by atoms with Gasteiger partial charge in [-0.15, -0.1) is 0 Å². The molecule has 4 rings (SSSR count). The van der Waals surface area contributed by atoms with Crippen LogP contribution in [0.1, 0.15) is 22.8 Å². The molecule has 8 nitrogen and oxygen atoms in total. The van der Waals surface area contributed by atoms with E-state index in [1.165, 1.54) is 5.56 Å². The Hall–Kier alpha value is -2.81. The molecule has 8 heteroatoms. The van der Waals surface area contributed by atoms with Crippen LogP contribution in [0.15, 0.2) is 48.8 Å². The van der Waals surface area contributed by atoms with Crippen LogP contribution < -0.4 is 4.90 Å². The molecule has 0 bridgehead atoms. The summed E-state index contributed by atoms with van der Waals surface area (Å²) in [5.41, 5.74) is 1.61. The van der Waals surface area contributed by atoms with E-state index in [9.17, 15) is 4.79 Å².